The van der Waals surface area contributed by atoms with Gasteiger partial charge in [0.2, 0.25) is 0 Å². The van der Waals surface area contributed by atoms with E-state index in [4.69, 9.17) is 6.42 Å². The molecule has 1 heteroatoms. The molecule has 0 heterocycles. The average molecular weight is 276 g/mol. The maximum atomic E-state index is 12.7. The Kier molecular flexibility index (Phi) is 4.95. The number of benzene rings is 2. The van der Waals surface area contributed by atoms with Crippen molar-refractivity contribution < 1.29 is 4.79 Å². The van der Waals surface area contributed by atoms with Gasteiger partial charge in [-0.1, -0.05) is 73.0 Å². The highest BCUT2D eigenvalue weighted by molar-refractivity contribution is 5.98. The SMILES string of the molecule is C#C[C@@H](c1cccc(C)c1)[C@@H](CC)C(=O)c1ccccc1. The predicted octanol–water partition coefficient (Wildman–Crippen LogP) is 4.62. The lowest BCUT2D eigenvalue weighted by molar-refractivity contribution is 0.0908. The van der Waals surface area contributed by atoms with Gasteiger partial charge in [0, 0.05) is 11.5 Å². The van der Waals surface area contributed by atoms with Crippen LogP contribution in [0, 0.1) is 25.2 Å². The Morgan fingerprint density at radius 2 is 1.86 bits per heavy atom. The van der Waals surface area contributed by atoms with Crippen LogP contribution in [-0.4, -0.2) is 5.78 Å². The van der Waals surface area contributed by atoms with Gasteiger partial charge in [-0.05, 0) is 18.9 Å². The first-order valence-corrected chi connectivity index (χ1v) is 7.29. The summed E-state index contributed by atoms with van der Waals surface area (Å²) in [5.74, 6) is 2.59. The molecule has 0 radical (unpaired) electrons. The zero-order valence-corrected chi connectivity index (χ0v) is 12.5. The summed E-state index contributed by atoms with van der Waals surface area (Å²) < 4.78 is 0. The Balaban J connectivity index is 2.35. The van der Waals surface area contributed by atoms with E-state index in [1.165, 1.54) is 0 Å². The van der Waals surface area contributed by atoms with Gasteiger partial charge in [-0.15, -0.1) is 6.42 Å². The zero-order valence-electron chi connectivity index (χ0n) is 12.5. The average Bonchev–Trinajstić information content (AvgIpc) is 2.52. The molecule has 2 aromatic rings. The largest absolute Gasteiger partial charge is 0.294 e. The van der Waals surface area contributed by atoms with E-state index in [1.807, 2.05) is 62.4 Å². The van der Waals surface area contributed by atoms with E-state index in [0.29, 0.717) is 0 Å². The summed E-state index contributed by atoms with van der Waals surface area (Å²) in [6.07, 6.45) is 6.48. The van der Waals surface area contributed by atoms with Crippen molar-refractivity contribution in [2.24, 2.45) is 5.92 Å². The van der Waals surface area contributed by atoms with Gasteiger partial charge in [0.25, 0.3) is 0 Å². The maximum Gasteiger partial charge on any atom is 0.167 e. The fraction of sp³-hybridized carbons (Fsp3) is 0.250. The van der Waals surface area contributed by atoms with Gasteiger partial charge in [-0.3, -0.25) is 4.79 Å². The summed E-state index contributed by atoms with van der Waals surface area (Å²) in [6.45, 7) is 4.06. The molecule has 0 N–H and O–H groups in total. The molecular weight excluding hydrogens is 256 g/mol. The summed E-state index contributed by atoms with van der Waals surface area (Å²) in [5.41, 5.74) is 2.95. The molecule has 0 aromatic heterocycles. The van der Waals surface area contributed by atoms with Crippen LogP contribution >= 0.6 is 0 Å². The van der Waals surface area contributed by atoms with Crippen molar-refractivity contribution in [3.8, 4) is 12.3 Å². The molecule has 0 amide bonds. The van der Waals surface area contributed by atoms with E-state index in [2.05, 4.69) is 12.0 Å². The maximum absolute atomic E-state index is 12.7. The van der Waals surface area contributed by atoms with E-state index in [1.54, 1.807) is 0 Å². The van der Waals surface area contributed by atoms with Crippen molar-refractivity contribution in [2.45, 2.75) is 26.2 Å². The van der Waals surface area contributed by atoms with Gasteiger partial charge in [0.1, 0.15) is 0 Å². The molecule has 0 unspecified atom stereocenters. The topological polar surface area (TPSA) is 17.1 Å². The number of carbonyl (C=O) groups excluding carboxylic acids is 1. The number of rotatable bonds is 5. The minimum Gasteiger partial charge on any atom is -0.294 e. The van der Waals surface area contributed by atoms with Gasteiger partial charge in [-0.2, -0.15) is 0 Å². The van der Waals surface area contributed by atoms with Crippen LogP contribution in [0.15, 0.2) is 54.6 Å². The smallest absolute Gasteiger partial charge is 0.167 e. The molecule has 21 heavy (non-hydrogen) atoms. The number of terminal acetylenes is 1. The number of ketones is 1. The van der Waals surface area contributed by atoms with Crippen molar-refractivity contribution in [2.75, 3.05) is 0 Å². The fourth-order valence-electron chi connectivity index (χ4n) is 2.70. The Bertz CT molecular complexity index is 649. The molecule has 0 saturated heterocycles. The highest BCUT2D eigenvalue weighted by atomic mass is 16.1. The summed E-state index contributed by atoms with van der Waals surface area (Å²) in [5, 5.41) is 0. The first kappa shape index (κ1) is 15.1. The highest BCUT2D eigenvalue weighted by Crippen LogP contribution is 2.30. The van der Waals surface area contributed by atoms with Crippen LogP contribution in [0.3, 0.4) is 0 Å². The number of carbonyl (C=O) groups is 1. The summed E-state index contributed by atoms with van der Waals surface area (Å²) in [7, 11) is 0. The van der Waals surface area contributed by atoms with Crippen molar-refractivity contribution in [3.05, 3.63) is 71.3 Å². The molecule has 0 spiro atoms. The van der Waals surface area contributed by atoms with Crippen LogP contribution in [0.1, 0.15) is 40.7 Å². The lowest BCUT2D eigenvalue weighted by Crippen LogP contribution is -2.21. The molecule has 2 atom stereocenters. The third-order valence-electron chi connectivity index (χ3n) is 3.82. The number of hydrogen-bond donors (Lipinski definition) is 0. The lowest BCUT2D eigenvalue weighted by atomic mass is 9.80. The standard InChI is InChI=1S/C20H20O/c1-4-18(17-13-9-10-15(3)14-17)19(5-2)20(21)16-11-7-6-8-12-16/h1,6-14,18-19H,5H2,2-3H3/t18-,19+/m0/s1. The number of hydrogen-bond acceptors (Lipinski definition) is 1. The van der Waals surface area contributed by atoms with E-state index >= 15 is 0 Å². The molecule has 2 rings (SSSR count). The van der Waals surface area contributed by atoms with E-state index in [-0.39, 0.29) is 17.6 Å². The Morgan fingerprint density at radius 1 is 1.14 bits per heavy atom. The van der Waals surface area contributed by atoms with Crippen LogP contribution < -0.4 is 0 Å². The van der Waals surface area contributed by atoms with Crippen LogP contribution in [0.4, 0.5) is 0 Å². The second-order valence-corrected chi connectivity index (χ2v) is 5.30. The molecule has 0 saturated carbocycles. The number of Topliss-reactive ketones (excluding diaryl/α,β-unsaturated/α-hetero) is 1. The quantitative estimate of drug-likeness (QED) is 0.575. The van der Waals surface area contributed by atoms with Gasteiger partial charge in [-0.25, -0.2) is 0 Å². The molecule has 0 aliphatic rings. The van der Waals surface area contributed by atoms with Crippen LogP contribution in [-0.2, 0) is 0 Å². The molecular formula is C20H20O. The van der Waals surface area contributed by atoms with Gasteiger partial charge < -0.3 is 0 Å². The molecule has 0 bridgehead atoms. The van der Waals surface area contributed by atoms with Crippen molar-refractivity contribution in [1.29, 1.82) is 0 Å². The Hall–Kier alpha value is -2.33. The monoisotopic (exact) mass is 276 g/mol. The summed E-state index contributed by atoms with van der Waals surface area (Å²) >= 11 is 0. The molecule has 106 valence electrons. The molecule has 0 aliphatic carbocycles. The van der Waals surface area contributed by atoms with E-state index in [0.717, 1.165) is 23.1 Å². The number of aryl methyl sites for hydroxylation is 1. The zero-order chi connectivity index (χ0) is 15.2. The second kappa shape index (κ2) is 6.90. The lowest BCUT2D eigenvalue weighted by Gasteiger charge is -2.21. The Labute approximate surface area is 127 Å². The van der Waals surface area contributed by atoms with E-state index < -0.39 is 0 Å². The predicted molar refractivity (Wildman–Crippen MR) is 87.3 cm³/mol. The van der Waals surface area contributed by atoms with Crippen LogP contribution in [0.5, 0.6) is 0 Å². The van der Waals surface area contributed by atoms with Gasteiger partial charge >= 0.3 is 0 Å². The van der Waals surface area contributed by atoms with E-state index in [9.17, 15) is 4.79 Å². The third kappa shape index (κ3) is 3.41. The van der Waals surface area contributed by atoms with Crippen molar-refractivity contribution in [3.63, 3.8) is 0 Å². The Morgan fingerprint density at radius 3 is 2.43 bits per heavy atom. The highest BCUT2D eigenvalue weighted by Gasteiger charge is 2.27. The second-order valence-electron chi connectivity index (χ2n) is 5.30. The third-order valence-corrected chi connectivity index (χ3v) is 3.82. The van der Waals surface area contributed by atoms with Gasteiger partial charge in [0.15, 0.2) is 5.78 Å². The first-order valence-electron chi connectivity index (χ1n) is 7.29. The van der Waals surface area contributed by atoms with Gasteiger partial charge in [0.05, 0.1) is 5.92 Å². The van der Waals surface area contributed by atoms with Crippen LogP contribution in [0.25, 0.3) is 0 Å². The molecule has 0 fully saturated rings. The summed E-state index contributed by atoms with van der Waals surface area (Å²) in [4.78, 5) is 12.7. The molecule has 2 aromatic carbocycles. The van der Waals surface area contributed by atoms with Crippen molar-refractivity contribution in [1.82, 2.24) is 0 Å². The molecule has 0 aliphatic heterocycles. The minimum absolute atomic E-state index is 0.127. The molecule has 1 nitrogen and oxygen atoms in total. The van der Waals surface area contributed by atoms with Crippen LogP contribution in [0.2, 0.25) is 0 Å². The fourth-order valence-corrected chi connectivity index (χ4v) is 2.70. The normalized spacial score (nSPS) is 13.2. The summed E-state index contributed by atoms with van der Waals surface area (Å²) in [6, 6.07) is 17.5. The minimum atomic E-state index is -0.181. The first-order chi connectivity index (χ1) is 10.2. The van der Waals surface area contributed by atoms with Crippen molar-refractivity contribution >= 4 is 5.78 Å².